The van der Waals surface area contributed by atoms with Crippen LogP contribution in [-0.4, -0.2) is 49.1 Å². The Labute approximate surface area is 91.7 Å². The Kier molecular flexibility index (Phi) is 4.78. The van der Waals surface area contributed by atoms with E-state index in [0.29, 0.717) is 12.6 Å². The Morgan fingerprint density at radius 1 is 1.80 bits per heavy atom. The number of piperazine rings is 1. The van der Waals surface area contributed by atoms with Crippen molar-refractivity contribution < 1.29 is 4.79 Å². The maximum atomic E-state index is 11.7. The Hall–Kier alpha value is -0.870. The average Bonchev–Trinajstić information content (AvgIpc) is 2.24. The molecule has 0 bridgehead atoms. The summed E-state index contributed by atoms with van der Waals surface area (Å²) >= 11 is 0. The number of nitrogens with one attached hydrogen (secondary N) is 2. The molecule has 0 aromatic carbocycles. The Morgan fingerprint density at radius 3 is 3.13 bits per heavy atom. The molecule has 1 aliphatic heterocycles. The molecule has 0 spiro atoms. The topological polar surface area (TPSA) is 44.4 Å². The number of nitrogens with zero attached hydrogens (tertiary/aromatic N) is 1. The molecular formula is C11H21N3O. The summed E-state index contributed by atoms with van der Waals surface area (Å²) in [5, 5.41) is 6.18. The Balaban J connectivity index is 2.40. The van der Waals surface area contributed by atoms with Crippen molar-refractivity contribution in [2.75, 3.05) is 26.2 Å². The normalized spacial score (nSPS) is 24.5. The van der Waals surface area contributed by atoms with Crippen LogP contribution in [0.25, 0.3) is 0 Å². The molecule has 0 aromatic rings. The van der Waals surface area contributed by atoms with Gasteiger partial charge in [-0.25, -0.2) is 0 Å². The highest BCUT2D eigenvalue weighted by Gasteiger charge is 2.24. The summed E-state index contributed by atoms with van der Waals surface area (Å²) in [4.78, 5) is 13.9. The Bertz CT molecular complexity index is 230. The predicted octanol–water partition coefficient (Wildman–Crippen LogP) is -0.0292. The van der Waals surface area contributed by atoms with E-state index in [4.69, 9.17) is 0 Å². The zero-order valence-corrected chi connectivity index (χ0v) is 9.62. The van der Waals surface area contributed by atoms with Crippen molar-refractivity contribution in [2.45, 2.75) is 25.9 Å². The second kappa shape index (κ2) is 5.88. The van der Waals surface area contributed by atoms with Gasteiger partial charge in [0.05, 0.1) is 6.04 Å². The molecule has 1 heterocycles. The van der Waals surface area contributed by atoms with Gasteiger partial charge in [-0.3, -0.25) is 9.69 Å². The number of carbonyl (C=O) groups is 1. The molecule has 0 aromatic heterocycles. The first-order valence-electron chi connectivity index (χ1n) is 5.51. The van der Waals surface area contributed by atoms with E-state index in [9.17, 15) is 4.79 Å². The minimum atomic E-state index is -0.0468. The summed E-state index contributed by atoms with van der Waals surface area (Å²) in [6.45, 7) is 11.0. The molecule has 0 saturated carbocycles. The number of carbonyl (C=O) groups excluding carboxylic acids is 1. The highest BCUT2D eigenvalue weighted by Crippen LogP contribution is 2.04. The maximum absolute atomic E-state index is 11.7. The second-order valence-electron chi connectivity index (χ2n) is 4.06. The summed E-state index contributed by atoms with van der Waals surface area (Å²) < 4.78 is 0. The van der Waals surface area contributed by atoms with Gasteiger partial charge in [-0.2, -0.15) is 0 Å². The van der Waals surface area contributed by atoms with E-state index >= 15 is 0 Å². The van der Waals surface area contributed by atoms with Crippen LogP contribution in [0.15, 0.2) is 12.7 Å². The van der Waals surface area contributed by atoms with Gasteiger partial charge in [0, 0.05) is 32.2 Å². The molecule has 2 N–H and O–H groups in total. The van der Waals surface area contributed by atoms with Gasteiger partial charge in [-0.15, -0.1) is 6.58 Å². The van der Waals surface area contributed by atoms with E-state index in [1.54, 1.807) is 6.08 Å². The highest BCUT2D eigenvalue weighted by molar-refractivity contribution is 5.81. The molecule has 1 aliphatic rings. The van der Waals surface area contributed by atoms with Crippen LogP contribution in [0.4, 0.5) is 0 Å². The maximum Gasteiger partial charge on any atom is 0.237 e. The molecule has 4 nitrogen and oxygen atoms in total. The lowest BCUT2D eigenvalue weighted by atomic mass is 10.1. The molecule has 1 saturated heterocycles. The highest BCUT2D eigenvalue weighted by atomic mass is 16.2. The fraction of sp³-hybridized carbons (Fsp3) is 0.727. The fourth-order valence-electron chi connectivity index (χ4n) is 1.80. The van der Waals surface area contributed by atoms with Gasteiger partial charge in [0.15, 0.2) is 0 Å². The summed E-state index contributed by atoms with van der Waals surface area (Å²) in [7, 11) is 0. The summed E-state index contributed by atoms with van der Waals surface area (Å²) in [5.41, 5.74) is 0. The van der Waals surface area contributed by atoms with Crippen molar-refractivity contribution in [2.24, 2.45) is 0 Å². The zero-order valence-electron chi connectivity index (χ0n) is 9.62. The van der Waals surface area contributed by atoms with Crippen LogP contribution in [-0.2, 0) is 4.79 Å². The van der Waals surface area contributed by atoms with Crippen LogP contribution in [0.5, 0.6) is 0 Å². The van der Waals surface area contributed by atoms with Crippen LogP contribution in [0.3, 0.4) is 0 Å². The molecule has 1 amide bonds. The van der Waals surface area contributed by atoms with Gasteiger partial charge in [0.1, 0.15) is 0 Å². The minimum absolute atomic E-state index is 0.0468. The number of amides is 1. The molecule has 2 atom stereocenters. The largest absolute Gasteiger partial charge is 0.351 e. The van der Waals surface area contributed by atoms with Crippen LogP contribution in [0.2, 0.25) is 0 Å². The van der Waals surface area contributed by atoms with E-state index < -0.39 is 0 Å². The summed E-state index contributed by atoms with van der Waals surface area (Å²) in [6, 6.07) is 0.419. The van der Waals surface area contributed by atoms with Gasteiger partial charge < -0.3 is 10.6 Å². The van der Waals surface area contributed by atoms with E-state index in [0.717, 1.165) is 19.6 Å². The standard InChI is InChI=1S/C11H21N3O/c1-4-5-13-11(15)10(3)14-7-6-12-9(2)8-14/h4,9-10,12H,1,5-8H2,2-3H3,(H,13,15). The molecule has 86 valence electrons. The third-order valence-corrected chi connectivity index (χ3v) is 2.75. The van der Waals surface area contributed by atoms with Crippen molar-refractivity contribution in [1.29, 1.82) is 0 Å². The van der Waals surface area contributed by atoms with Gasteiger partial charge in [0.2, 0.25) is 5.91 Å². The van der Waals surface area contributed by atoms with Crippen LogP contribution in [0, 0.1) is 0 Å². The number of hydrogen-bond acceptors (Lipinski definition) is 3. The van der Waals surface area contributed by atoms with Crippen LogP contribution in [0.1, 0.15) is 13.8 Å². The van der Waals surface area contributed by atoms with Gasteiger partial charge >= 0.3 is 0 Å². The fourth-order valence-corrected chi connectivity index (χ4v) is 1.80. The van der Waals surface area contributed by atoms with Gasteiger partial charge in [-0.05, 0) is 13.8 Å². The molecule has 0 radical (unpaired) electrons. The first-order valence-corrected chi connectivity index (χ1v) is 5.51. The molecule has 4 heteroatoms. The van der Waals surface area contributed by atoms with E-state index in [-0.39, 0.29) is 11.9 Å². The lowest BCUT2D eigenvalue weighted by molar-refractivity contribution is -0.126. The summed E-state index contributed by atoms with van der Waals surface area (Å²) in [6.07, 6.45) is 1.70. The van der Waals surface area contributed by atoms with Crippen molar-refractivity contribution in [3.05, 3.63) is 12.7 Å². The van der Waals surface area contributed by atoms with Gasteiger partial charge in [0.25, 0.3) is 0 Å². The average molecular weight is 211 g/mol. The SMILES string of the molecule is C=CCNC(=O)C(C)N1CCNC(C)C1. The van der Waals surface area contributed by atoms with E-state index in [2.05, 4.69) is 29.0 Å². The quantitative estimate of drug-likeness (QED) is 0.642. The third-order valence-electron chi connectivity index (χ3n) is 2.75. The van der Waals surface area contributed by atoms with E-state index in [1.165, 1.54) is 0 Å². The third kappa shape index (κ3) is 3.64. The molecule has 2 unspecified atom stereocenters. The molecule has 15 heavy (non-hydrogen) atoms. The molecule has 1 rings (SSSR count). The number of rotatable bonds is 4. The Morgan fingerprint density at radius 2 is 2.53 bits per heavy atom. The van der Waals surface area contributed by atoms with Crippen LogP contribution < -0.4 is 10.6 Å². The molecule has 0 aliphatic carbocycles. The van der Waals surface area contributed by atoms with Crippen molar-refractivity contribution >= 4 is 5.91 Å². The lowest BCUT2D eigenvalue weighted by Crippen LogP contribution is -2.55. The minimum Gasteiger partial charge on any atom is -0.351 e. The van der Waals surface area contributed by atoms with Crippen molar-refractivity contribution in [3.8, 4) is 0 Å². The predicted molar refractivity (Wildman–Crippen MR) is 61.7 cm³/mol. The first kappa shape index (κ1) is 12.2. The summed E-state index contributed by atoms with van der Waals surface area (Å²) in [5.74, 6) is 0.0870. The zero-order chi connectivity index (χ0) is 11.3. The lowest BCUT2D eigenvalue weighted by Gasteiger charge is -2.35. The molecule has 1 fully saturated rings. The number of hydrogen-bond donors (Lipinski definition) is 2. The molecular weight excluding hydrogens is 190 g/mol. The van der Waals surface area contributed by atoms with Gasteiger partial charge in [-0.1, -0.05) is 6.08 Å². The second-order valence-corrected chi connectivity index (χ2v) is 4.06. The first-order chi connectivity index (χ1) is 7.15. The van der Waals surface area contributed by atoms with Crippen molar-refractivity contribution in [1.82, 2.24) is 15.5 Å². The van der Waals surface area contributed by atoms with Crippen LogP contribution >= 0.6 is 0 Å². The monoisotopic (exact) mass is 211 g/mol. The van der Waals surface area contributed by atoms with Crippen molar-refractivity contribution in [3.63, 3.8) is 0 Å². The van der Waals surface area contributed by atoms with E-state index in [1.807, 2.05) is 6.92 Å². The smallest absolute Gasteiger partial charge is 0.237 e.